The molecular weight excluding hydrogens is 272 g/mol. The lowest BCUT2D eigenvalue weighted by molar-refractivity contribution is -0.122. The number of halogens is 1. The fourth-order valence-corrected chi connectivity index (χ4v) is 1.40. The van der Waals surface area contributed by atoms with E-state index in [-0.39, 0.29) is 19.1 Å². The third-order valence-electron chi connectivity index (χ3n) is 1.87. The van der Waals surface area contributed by atoms with Gasteiger partial charge in [-0.05, 0) is 24.6 Å². The van der Waals surface area contributed by atoms with Gasteiger partial charge in [-0.25, -0.2) is 0 Å². The molecule has 0 bridgehead atoms. The van der Waals surface area contributed by atoms with E-state index in [4.69, 9.17) is 10.00 Å². The van der Waals surface area contributed by atoms with Gasteiger partial charge < -0.3 is 10.1 Å². The summed E-state index contributed by atoms with van der Waals surface area (Å²) in [4.78, 5) is 11.2. The molecule has 1 rings (SSSR count). The van der Waals surface area contributed by atoms with Crippen LogP contribution in [0, 0.1) is 18.3 Å². The standard InChI is InChI=1S/C11H11BrN2O2/c1-8-2-3-9(12)6-10(8)16-7-11(15)14-5-4-13/h2-3,6H,5,7H2,1H3,(H,14,15). The van der Waals surface area contributed by atoms with Gasteiger partial charge in [0.1, 0.15) is 12.3 Å². The first kappa shape index (κ1) is 12.5. The molecule has 0 aliphatic rings. The Bertz CT molecular complexity index is 426. The molecule has 0 saturated heterocycles. The quantitative estimate of drug-likeness (QED) is 0.857. The summed E-state index contributed by atoms with van der Waals surface area (Å²) < 4.78 is 6.22. The van der Waals surface area contributed by atoms with E-state index in [0.717, 1.165) is 10.0 Å². The number of amides is 1. The molecule has 0 saturated carbocycles. The summed E-state index contributed by atoms with van der Waals surface area (Å²) in [5.41, 5.74) is 0.955. The maximum atomic E-state index is 11.2. The first-order valence-corrected chi connectivity index (χ1v) is 5.45. The topological polar surface area (TPSA) is 62.1 Å². The molecule has 1 aromatic carbocycles. The number of hydrogen-bond donors (Lipinski definition) is 1. The lowest BCUT2D eigenvalue weighted by atomic mass is 10.2. The summed E-state index contributed by atoms with van der Waals surface area (Å²) in [5, 5.41) is 10.7. The van der Waals surface area contributed by atoms with E-state index in [0.29, 0.717) is 5.75 Å². The first-order chi connectivity index (χ1) is 7.63. The van der Waals surface area contributed by atoms with Crippen molar-refractivity contribution < 1.29 is 9.53 Å². The Morgan fingerprint density at radius 2 is 2.38 bits per heavy atom. The van der Waals surface area contributed by atoms with Crippen LogP contribution in [0.4, 0.5) is 0 Å². The van der Waals surface area contributed by atoms with E-state index in [1.165, 1.54) is 0 Å². The maximum Gasteiger partial charge on any atom is 0.258 e. The van der Waals surface area contributed by atoms with Crippen molar-refractivity contribution in [1.29, 1.82) is 5.26 Å². The number of nitrogens with one attached hydrogen (secondary N) is 1. The number of benzene rings is 1. The smallest absolute Gasteiger partial charge is 0.258 e. The summed E-state index contributed by atoms with van der Waals surface area (Å²) in [7, 11) is 0. The van der Waals surface area contributed by atoms with Gasteiger partial charge in [-0.3, -0.25) is 4.79 Å². The van der Waals surface area contributed by atoms with Crippen molar-refractivity contribution in [2.24, 2.45) is 0 Å². The number of carbonyl (C=O) groups is 1. The van der Waals surface area contributed by atoms with E-state index in [2.05, 4.69) is 21.2 Å². The number of carbonyl (C=O) groups excluding carboxylic acids is 1. The summed E-state index contributed by atoms with van der Waals surface area (Å²) in [6, 6.07) is 7.42. The van der Waals surface area contributed by atoms with Crippen molar-refractivity contribution in [2.75, 3.05) is 13.2 Å². The molecule has 0 heterocycles. The molecule has 0 radical (unpaired) electrons. The molecule has 0 aromatic heterocycles. The SMILES string of the molecule is Cc1ccc(Br)cc1OCC(=O)NCC#N. The lowest BCUT2D eigenvalue weighted by Crippen LogP contribution is -2.29. The Morgan fingerprint density at radius 3 is 3.06 bits per heavy atom. The minimum absolute atomic E-state index is 0.000338. The normalized spacial score (nSPS) is 9.31. The largest absolute Gasteiger partial charge is 0.483 e. The minimum Gasteiger partial charge on any atom is -0.483 e. The number of aryl methyl sites for hydroxylation is 1. The van der Waals surface area contributed by atoms with Gasteiger partial charge in [-0.15, -0.1) is 0 Å². The van der Waals surface area contributed by atoms with Gasteiger partial charge in [-0.2, -0.15) is 5.26 Å². The van der Waals surface area contributed by atoms with E-state index in [1.807, 2.05) is 25.1 Å². The fraction of sp³-hybridized carbons (Fsp3) is 0.273. The van der Waals surface area contributed by atoms with Crippen LogP contribution >= 0.6 is 15.9 Å². The van der Waals surface area contributed by atoms with E-state index in [1.54, 1.807) is 6.07 Å². The molecule has 1 aromatic rings. The van der Waals surface area contributed by atoms with Gasteiger partial charge >= 0.3 is 0 Å². The van der Waals surface area contributed by atoms with Crippen LogP contribution in [0.2, 0.25) is 0 Å². The van der Waals surface area contributed by atoms with Crippen molar-refractivity contribution in [2.45, 2.75) is 6.92 Å². The molecule has 0 unspecified atom stereocenters. The zero-order valence-corrected chi connectivity index (χ0v) is 10.4. The molecule has 5 heteroatoms. The maximum absolute atomic E-state index is 11.2. The van der Waals surface area contributed by atoms with Gasteiger partial charge in [0.2, 0.25) is 0 Å². The number of ether oxygens (including phenoxy) is 1. The Kier molecular flexibility index (Phi) is 4.80. The molecule has 1 amide bonds. The lowest BCUT2D eigenvalue weighted by Gasteiger charge is -2.08. The second kappa shape index (κ2) is 6.13. The van der Waals surface area contributed by atoms with Gasteiger partial charge in [-0.1, -0.05) is 22.0 Å². The zero-order chi connectivity index (χ0) is 12.0. The molecule has 1 N–H and O–H groups in total. The second-order valence-corrected chi connectivity index (χ2v) is 4.05. The number of rotatable bonds is 4. The Labute approximate surface area is 102 Å². The van der Waals surface area contributed by atoms with Crippen molar-refractivity contribution in [3.05, 3.63) is 28.2 Å². The van der Waals surface area contributed by atoms with Gasteiger partial charge in [0.25, 0.3) is 5.91 Å². The number of nitrogens with zero attached hydrogens (tertiary/aromatic N) is 1. The Morgan fingerprint density at radius 1 is 1.62 bits per heavy atom. The minimum atomic E-state index is -0.305. The predicted octanol–water partition coefficient (Wildman–Crippen LogP) is 1.78. The molecule has 4 nitrogen and oxygen atoms in total. The third-order valence-corrected chi connectivity index (χ3v) is 2.37. The molecule has 0 atom stereocenters. The number of hydrogen-bond acceptors (Lipinski definition) is 3. The highest BCUT2D eigenvalue weighted by atomic mass is 79.9. The van der Waals surface area contributed by atoms with Gasteiger partial charge in [0.05, 0.1) is 6.07 Å². The summed E-state index contributed by atoms with van der Waals surface area (Å²) >= 11 is 3.32. The summed E-state index contributed by atoms with van der Waals surface area (Å²) in [6.07, 6.45) is 0. The highest BCUT2D eigenvalue weighted by Crippen LogP contribution is 2.22. The summed E-state index contributed by atoms with van der Waals surface area (Å²) in [5.74, 6) is 0.349. The summed E-state index contributed by atoms with van der Waals surface area (Å²) in [6.45, 7) is 1.81. The molecule has 84 valence electrons. The van der Waals surface area contributed by atoms with Gasteiger partial charge in [0.15, 0.2) is 6.61 Å². The Hall–Kier alpha value is -1.54. The fourth-order valence-electron chi connectivity index (χ4n) is 1.06. The van der Waals surface area contributed by atoms with Crippen LogP contribution < -0.4 is 10.1 Å². The van der Waals surface area contributed by atoms with E-state index in [9.17, 15) is 4.79 Å². The average Bonchev–Trinajstić information content (AvgIpc) is 2.27. The Balaban J connectivity index is 2.51. The molecule has 0 spiro atoms. The molecule has 0 aliphatic carbocycles. The monoisotopic (exact) mass is 282 g/mol. The van der Waals surface area contributed by atoms with Crippen molar-refractivity contribution in [1.82, 2.24) is 5.32 Å². The molecule has 0 fully saturated rings. The van der Waals surface area contributed by atoms with Crippen molar-refractivity contribution in [3.63, 3.8) is 0 Å². The van der Waals surface area contributed by atoms with Gasteiger partial charge in [0, 0.05) is 4.47 Å². The third kappa shape index (κ3) is 3.91. The highest BCUT2D eigenvalue weighted by molar-refractivity contribution is 9.10. The van der Waals surface area contributed by atoms with Crippen LogP contribution in [0.25, 0.3) is 0 Å². The van der Waals surface area contributed by atoms with Crippen LogP contribution in [0.5, 0.6) is 5.75 Å². The highest BCUT2D eigenvalue weighted by Gasteiger charge is 2.04. The zero-order valence-electron chi connectivity index (χ0n) is 8.79. The molecule has 0 aliphatic heterocycles. The first-order valence-electron chi connectivity index (χ1n) is 4.66. The second-order valence-electron chi connectivity index (χ2n) is 3.13. The van der Waals surface area contributed by atoms with Crippen molar-refractivity contribution in [3.8, 4) is 11.8 Å². The average molecular weight is 283 g/mol. The van der Waals surface area contributed by atoms with Crippen LogP contribution in [0.15, 0.2) is 22.7 Å². The van der Waals surface area contributed by atoms with Crippen LogP contribution in [0.3, 0.4) is 0 Å². The van der Waals surface area contributed by atoms with Crippen LogP contribution in [0.1, 0.15) is 5.56 Å². The molecular formula is C11H11BrN2O2. The number of nitriles is 1. The van der Waals surface area contributed by atoms with Crippen LogP contribution in [-0.4, -0.2) is 19.1 Å². The van der Waals surface area contributed by atoms with Crippen molar-refractivity contribution >= 4 is 21.8 Å². The molecule has 16 heavy (non-hydrogen) atoms. The predicted molar refractivity (Wildman–Crippen MR) is 63.0 cm³/mol. The van der Waals surface area contributed by atoms with Crippen LogP contribution in [-0.2, 0) is 4.79 Å². The van der Waals surface area contributed by atoms with E-state index >= 15 is 0 Å². The van der Waals surface area contributed by atoms with E-state index < -0.39 is 0 Å².